The van der Waals surface area contributed by atoms with E-state index in [9.17, 15) is 17.6 Å². The number of nitrogens with zero attached hydrogens (tertiary/aromatic N) is 1. The monoisotopic (exact) mass is 270 g/mol. The van der Waals surface area contributed by atoms with Gasteiger partial charge in [0.2, 0.25) is 0 Å². The Labute approximate surface area is 106 Å². The summed E-state index contributed by atoms with van der Waals surface area (Å²) in [4.78, 5) is 3.91. The van der Waals surface area contributed by atoms with Gasteiger partial charge in [-0.3, -0.25) is 4.98 Å². The fraction of sp³-hybridized carbons (Fsp3) is 0.154. The summed E-state index contributed by atoms with van der Waals surface area (Å²) < 4.78 is 50.7. The molecule has 0 unspecified atom stereocenters. The number of benzene rings is 1. The zero-order chi connectivity index (χ0) is 14.0. The van der Waals surface area contributed by atoms with Crippen molar-refractivity contribution in [2.75, 3.05) is 0 Å². The minimum Gasteiger partial charge on any atom is -0.326 e. The Hall–Kier alpha value is -1.95. The molecule has 0 aliphatic carbocycles. The molecule has 2 rings (SSSR count). The molecule has 2 N–H and O–H groups in total. The second-order valence-corrected chi connectivity index (χ2v) is 3.98. The van der Waals surface area contributed by atoms with Crippen molar-refractivity contribution < 1.29 is 17.6 Å². The van der Waals surface area contributed by atoms with Gasteiger partial charge in [-0.05, 0) is 29.3 Å². The number of pyridine rings is 1. The van der Waals surface area contributed by atoms with Crippen molar-refractivity contribution >= 4 is 0 Å². The molecular formula is C13H10F4N2. The van der Waals surface area contributed by atoms with Gasteiger partial charge in [-0.15, -0.1) is 0 Å². The minimum atomic E-state index is -4.69. The maximum atomic E-state index is 13.4. The van der Waals surface area contributed by atoms with Crippen molar-refractivity contribution in [1.82, 2.24) is 4.98 Å². The Morgan fingerprint density at radius 1 is 1.05 bits per heavy atom. The predicted octanol–water partition coefficient (Wildman–Crippen LogP) is 3.37. The van der Waals surface area contributed by atoms with Crippen LogP contribution in [0.2, 0.25) is 0 Å². The normalized spacial score (nSPS) is 11.6. The third kappa shape index (κ3) is 2.90. The van der Waals surface area contributed by atoms with Crippen LogP contribution in [0.1, 0.15) is 11.1 Å². The molecule has 0 atom stereocenters. The van der Waals surface area contributed by atoms with Crippen molar-refractivity contribution in [2.24, 2.45) is 5.73 Å². The van der Waals surface area contributed by atoms with Crippen LogP contribution in [0.15, 0.2) is 36.7 Å². The zero-order valence-electron chi connectivity index (χ0n) is 9.71. The maximum Gasteiger partial charge on any atom is 0.419 e. The summed E-state index contributed by atoms with van der Waals surface area (Å²) in [6.07, 6.45) is -1.70. The number of hydrogen-bond acceptors (Lipinski definition) is 2. The third-order valence-corrected chi connectivity index (χ3v) is 2.64. The predicted molar refractivity (Wildman–Crippen MR) is 62.5 cm³/mol. The van der Waals surface area contributed by atoms with Crippen LogP contribution in [0, 0.1) is 5.82 Å². The largest absolute Gasteiger partial charge is 0.419 e. The molecule has 0 aliphatic heterocycles. The first-order chi connectivity index (χ1) is 8.91. The molecule has 19 heavy (non-hydrogen) atoms. The Morgan fingerprint density at radius 3 is 2.37 bits per heavy atom. The standard InChI is InChI=1S/C13H10F4N2/c14-12-4-9(1-2-11(12)13(15,16)17)10-3-8(5-18)6-19-7-10/h1-4,6-7H,5,18H2. The van der Waals surface area contributed by atoms with E-state index in [2.05, 4.69) is 4.98 Å². The van der Waals surface area contributed by atoms with Gasteiger partial charge in [0.15, 0.2) is 0 Å². The van der Waals surface area contributed by atoms with E-state index in [4.69, 9.17) is 5.73 Å². The molecule has 0 saturated heterocycles. The van der Waals surface area contributed by atoms with E-state index in [1.54, 1.807) is 12.3 Å². The lowest BCUT2D eigenvalue weighted by atomic mass is 10.0. The minimum absolute atomic E-state index is 0.254. The average molecular weight is 270 g/mol. The second-order valence-electron chi connectivity index (χ2n) is 3.98. The van der Waals surface area contributed by atoms with Crippen LogP contribution in [-0.4, -0.2) is 4.98 Å². The smallest absolute Gasteiger partial charge is 0.326 e. The van der Waals surface area contributed by atoms with Gasteiger partial charge in [0.1, 0.15) is 5.82 Å². The van der Waals surface area contributed by atoms with Gasteiger partial charge in [-0.1, -0.05) is 6.07 Å². The summed E-state index contributed by atoms with van der Waals surface area (Å²) in [5.41, 5.74) is 5.74. The lowest BCUT2D eigenvalue weighted by molar-refractivity contribution is -0.139. The molecule has 0 saturated carbocycles. The highest BCUT2D eigenvalue weighted by Gasteiger charge is 2.33. The molecule has 2 nitrogen and oxygen atoms in total. The summed E-state index contributed by atoms with van der Waals surface area (Å²) in [6, 6.07) is 4.44. The Balaban J connectivity index is 2.44. The molecule has 0 spiro atoms. The molecule has 2 aromatic rings. The topological polar surface area (TPSA) is 38.9 Å². The fourth-order valence-corrected chi connectivity index (χ4v) is 1.68. The summed E-state index contributed by atoms with van der Waals surface area (Å²) in [5.74, 6) is -1.30. The van der Waals surface area contributed by atoms with Crippen LogP contribution in [0.5, 0.6) is 0 Å². The maximum absolute atomic E-state index is 13.4. The zero-order valence-corrected chi connectivity index (χ0v) is 9.71. The van der Waals surface area contributed by atoms with E-state index in [0.717, 1.165) is 17.7 Å². The molecule has 0 radical (unpaired) electrons. The molecule has 0 aliphatic rings. The first kappa shape index (κ1) is 13.5. The first-order valence-electron chi connectivity index (χ1n) is 5.43. The van der Waals surface area contributed by atoms with Gasteiger partial charge in [0.25, 0.3) is 0 Å². The lowest BCUT2D eigenvalue weighted by Crippen LogP contribution is -2.07. The Bertz CT molecular complexity index is 593. The molecule has 1 aromatic carbocycles. The van der Waals surface area contributed by atoms with Gasteiger partial charge >= 0.3 is 6.18 Å². The van der Waals surface area contributed by atoms with Crippen LogP contribution in [0.3, 0.4) is 0 Å². The summed E-state index contributed by atoms with van der Waals surface area (Å²) in [6.45, 7) is 0.254. The number of rotatable bonds is 2. The van der Waals surface area contributed by atoms with Crippen molar-refractivity contribution in [3.63, 3.8) is 0 Å². The molecule has 100 valence electrons. The molecule has 0 amide bonds. The molecule has 1 aromatic heterocycles. The van der Waals surface area contributed by atoms with Gasteiger partial charge in [0, 0.05) is 24.5 Å². The summed E-state index contributed by atoms with van der Waals surface area (Å²) in [7, 11) is 0. The average Bonchev–Trinajstić information content (AvgIpc) is 2.37. The van der Waals surface area contributed by atoms with Crippen LogP contribution >= 0.6 is 0 Å². The van der Waals surface area contributed by atoms with E-state index in [-0.39, 0.29) is 6.54 Å². The third-order valence-electron chi connectivity index (χ3n) is 2.64. The number of nitrogens with two attached hydrogens (primary N) is 1. The van der Waals surface area contributed by atoms with Gasteiger partial charge < -0.3 is 5.73 Å². The number of hydrogen-bond donors (Lipinski definition) is 1. The Morgan fingerprint density at radius 2 is 1.79 bits per heavy atom. The van der Waals surface area contributed by atoms with Crippen molar-refractivity contribution in [3.05, 3.63) is 53.6 Å². The van der Waals surface area contributed by atoms with Crippen molar-refractivity contribution in [1.29, 1.82) is 0 Å². The van der Waals surface area contributed by atoms with Crippen LogP contribution < -0.4 is 5.73 Å². The highest BCUT2D eigenvalue weighted by Crippen LogP contribution is 2.33. The molecule has 1 heterocycles. The summed E-state index contributed by atoms with van der Waals surface area (Å²) >= 11 is 0. The first-order valence-corrected chi connectivity index (χ1v) is 5.43. The van der Waals surface area contributed by atoms with Gasteiger partial charge in [0.05, 0.1) is 5.56 Å². The van der Waals surface area contributed by atoms with Crippen LogP contribution in [0.4, 0.5) is 17.6 Å². The van der Waals surface area contributed by atoms with Gasteiger partial charge in [-0.25, -0.2) is 4.39 Å². The van der Waals surface area contributed by atoms with Crippen LogP contribution in [-0.2, 0) is 12.7 Å². The van der Waals surface area contributed by atoms with E-state index in [1.807, 2.05) is 0 Å². The van der Waals surface area contributed by atoms with Crippen LogP contribution in [0.25, 0.3) is 11.1 Å². The Kier molecular flexibility index (Phi) is 3.53. The second kappa shape index (κ2) is 4.97. The van der Waals surface area contributed by atoms with E-state index >= 15 is 0 Å². The van der Waals surface area contributed by atoms with Crippen molar-refractivity contribution in [3.8, 4) is 11.1 Å². The number of alkyl halides is 3. The number of aromatic nitrogens is 1. The van der Waals surface area contributed by atoms with E-state index in [1.165, 1.54) is 12.3 Å². The van der Waals surface area contributed by atoms with E-state index in [0.29, 0.717) is 11.1 Å². The fourth-order valence-electron chi connectivity index (χ4n) is 1.68. The summed E-state index contributed by atoms with van der Waals surface area (Å²) in [5, 5.41) is 0. The highest BCUT2D eigenvalue weighted by atomic mass is 19.4. The quantitative estimate of drug-likeness (QED) is 0.850. The SMILES string of the molecule is NCc1cncc(-c2ccc(C(F)(F)F)c(F)c2)c1. The van der Waals surface area contributed by atoms with Crippen molar-refractivity contribution in [2.45, 2.75) is 12.7 Å². The van der Waals surface area contributed by atoms with Gasteiger partial charge in [-0.2, -0.15) is 13.2 Å². The highest BCUT2D eigenvalue weighted by molar-refractivity contribution is 5.63. The molecule has 0 bridgehead atoms. The lowest BCUT2D eigenvalue weighted by Gasteiger charge is -2.09. The van der Waals surface area contributed by atoms with E-state index < -0.39 is 17.6 Å². The molecule has 6 heteroatoms. The number of halogens is 4. The molecule has 0 fully saturated rings. The molecular weight excluding hydrogens is 260 g/mol.